The number of pyridine rings is 1. The zero-order valence-corrected chi connectivity index (χ0v) is 12.5. The van der Waals surface area contributed by atoms with E-state index >= 15 is 0 Å². The van der Waals surface area contributed by atoms with E-state index in [9.17, 15) is 8.42 Å². The van der Waals surface area contributed by atoms with E-state index in [1.807, 2.05) is 12.1 Å². The van der Waals surface area contributed by atoms with Gasteiger partial charge in [-0.1, -0.05) is 6.07 Å². The van der Waals surface area contributed by atoms with Crippen LogP contribution in [0.4, 0.5) is 0 Å². The molecule has 0 aliphatic heterocycles. The van der Waals surface area contributed by atoms with Crippen LogP contribution in [-0.2, 0) is 15.5 Å². The maximum absolute atomic E-state index is 11.5. The number of aromatic nitrogens is 1. The molecular formula is C14H14ClNO3S. The molecular weight excluding hydrogens is 298 g/mol. The van der Waals surface area contributed by atoms with E-state index in [0.29, 0.717) is 13.0 Å². The fraction of sp³-hybridized carbons (Fsp3) is 0.214. The Morgan fingerprint density at radius 2 is 1.90 bits per heavy atom. The molecule has 1 aromatic heterocycles. The van der Waals surface area contributed by atoms with E-state index < -0.39 is 9.05 Å². The highest BCUT2D eigenvalue weighted by molar-refractivity contribution is 8.13. The summed E-state index contributed by atoms with van der Waals surface area (Å²) in [7, 11) is 1.60. The van der Waals surface area contributed by atoms with Gasteiger partial charge < -0.3 is 4.74 Å². The molecule has 2 aromatic rings. The molecule has 0 saturated heterocycles. The van der Waals surface area contributed by atoms with Gasteiger partial charge in [0.15, 0.2) is 0 Å². The first-order valence-corrected chi connectivity index (χ1v) is 8.35. The first-order chi connectivity index (χ1) is 9.47. The Bertz CT molecular complexity index is 687. The van der Waals surface area contributed by atoms with Crippen molar-refractivity contribution in [2.24, 2.45) is 0 Å². The molecule has 1 aromatic carbocycles. The molecule has 1 heterocycles. The second-order valence-electron chi connectivity index (χ2n) is 4.34. The summed E-state index contributed by atoms with van der Waals surface area (Å²) in [6.45, 7) is 2.17. The summed E-state index contributed by atoms with van der Waals surface area (Å²) in [5.41, 5.74) is 1.88. The Balaban J connectivity index is 2.10. The highest BCUT2D eigenvalue weighted by Gasteiger charge is 2.17. The number of ether oxygens (including phenoxy) is 1. The van der Waals surface area contributed by atoms with Crippen molar-refractivity contribution >= 4 is 19.7 Å². The third-order valence-corrected chi connectivity index (χ3v) is 4.10. The quantitative estimate of drug-likeness (QED) is 0.797. The first-order valence-electron chi connectivity index (χ1n) is 6.04. The molecule has 2 rings (SSSR count). The van der Waals surface area contributed by atoms with E-state index in [-0.39, 0.29) is 10.6 Å². The van der Waals surface area contributed by atoms with Crippen LogP contribution in [0.15, 0.2) is 47.6 Å². The third kappa shape index (κ3) is 3.95. The number of benzene rings is 1. The van der Waals surface area contributed by atoms with Crippen molar-refractivity contribution in [2.45, 2.75) is 18.2 Å². The van der Waals surface area contributed by atoms with Gasteiger partial charge in [-0.3, -0.25) is 4.98 Å². The number of aryl methyl sites for hydroxylation is 1. The number of halogens is 1. The lowest BCUT2D eigenvalue weighted by Gasteiger charge is -2.10. The van der Waals surface area contributed by atoms with Gasteiger partial charge in [0.25, 0.3) is 9.05 Å². The summed E-state index contributed by atoms with van der Waals surface area (Å²) in [5, 5.41) is 0. The molecule has 0 amide bonds. The highest BCUT2D eigenvalue weighted by atomic mass is 35.7. The molecule has 0 bridgehead atoms. The summed E-state index contributed by atoms with van der Waals surface area (Å²) in [6, 6.07) is 8.68. The van der Waals surface area contributed by atoms with E-state index in [0.717, 1.165) is 11.1 Å². The lowest BCUT2D eigenvalue weighted by Crippen LogP contribution is -2.05. The monoisotopic (exact) mass is 311 g/mol. The van der Waals surface area contributed by atoms with Gasteiger partial charge in [-0.05, 0) is 42.3 Å². The zero-order chi connectivity index (χ0) is 14.6. The molecule has 0 atom stereocenters. The Morgan fingerprint density at radius 3 is 2.55 bits per heavy atom. The maximum Gasteiger partial charge on any atom is 0.264 e. The van der Waals surface area contributed by atoms with Crippen molar-refractivity contribution in [3.05, 3.63) is 53.9 Å². The molecule has 0 radical (unpaired) electrons. The number of hydrogen-bond donors (Lipinski definition) is 0. The Labute approximate surface area is 122 Å². The normalized spacial score (nSPS) is 11.3. The summed E-state index contributed by atoms with van der Waals surface area (Å²) >= 11 is 0. The molecule has 6 heteroatoms. The van der Waals surface area contributed by atoms with Gasteiger partial charge >= 0.3 is 0 Å². The largest absolute Gasteiger partial charge is 0.492 e. The van der Waals surface area contributed by atoms with Crippen LogP contribution in [0.2, 0.25) is 0 Å². The van der Waals surface area contributed by atoms with Crippen LogP contribution in [0.3, 0.4) is 0 Å². The molecule has 0 N–H and O–H groups in total. The smallest absolute Gasteiger partial charge is 0.264 e. The van der Waals surface area contributed by atoms with Crippen LogP contribution in [-0.4, -0.2) is 20.0 Å². The molecule has 0 aliphatic carbocycles. The third-order valence-electron chi connectivity index (χ3n) is 2.76. The van der Waals surface area contributed by atoms with Gasteiger partial charge in [-0.25, -0.2) is 8.42 Å². The molecule has 0 aliphatic rings. The van der Waals surface area contributed by atoms with Crippen molar-refractivity contribution in [1.82, 2.24) is 4.98 Å². The summed E-state index contributed by atoms with van der Waals surface area (Å²) in [4.78, 5) is 3.94. The van der Waals surface area contributed by atoms with E-state index in [2.05, 4.69) is 4.98 Å². The molecule has 0 spiro atoms. The second kappa shape index (κ2) is 6.24. The SMILES string of the molecule is Cc1ccc(OCCc2ccncc2)c(S(=O)(=O)Cl)c1. The van der Waals surface area contributed by atoms with Crippen molar-refractivity contribution in [3.63, 3.8) is 0 Å². The van der Waals surface area contributed by atoms with Crippen molar-refractivity contribution in [1.29, 1.82) is 0 Å². The minimum Gasteiger partial charge on any atom is -0.492 e. The molecule has 106 valence electrons. The average Bonchev–Trinajstić information content (AvgIpc) is 2.40. The van der Waals surface area contributed by atoms with Crippen LogP contribution < -0.4 is 4.74 Å². The minimum absolute atomic E-state index is 0.00824. The molecule has 0 fully saturated rings. The minimum atomic E-state index is -3.81. The van der Waals surface area contributed by atoms with Crippen molar-refractivity contribution < 1.29 is 13.2 Å². The molecule has 0 unspecified atom stereocenters. The lowest BCUT2D eigenvalue weighted by molar-refractivity contribution is 0.313. The fourth-order valence-corrected chi connectivity index (χ4v) is 2.81. The number of hydrogen-bond acceptors (Lipinski definition) is 4. The molecule has 4 nitrogen and oxygen atoms in total. The van der Waals surface area contributed by atoms with E-state index in [4.69, 9.17) is 15.4 Å². The van der Waals surface area contributed by atoms with Crippen molar-refractivity contribution in [2.75, 3.05) is 6.61 Å². The van der Waals surface area contributed by atoms with E-state index in [1.54, 1.807) is 31.5 Å². The van der Waals surface area contributed by atoms with E-state index in [1.165, 1.54) is 6.07 Å². The predicted octanol–water partition coefficient (Wildman–Crippen LogP) is 2.94. The van der Waals surface area contributed by atoms with Crippen LogP contribution in [0, 0.1) is 6.92 Å². The summed E-state index contributed by atoms with van der Waals surface area (Å²) < 4.78 is 28.6. The Morgan fingerprint density at radius 1 is 1.20 bits per heavy atom. The Hall–Kier alpha value is -1.59. The number of rotatable bonds is 5. The summed E-state index contributed by atoms with van der Waals surface area (Å²) in [5.74, 6) is 0.277. The fourth-order valence-electron chi connectivity index (χ4n) is 1.75. The Kier molecular flexibility index (Phi) is 4.62. The van der Waals surface area contributed by atoms with Gasteiger partial charge in [0.2, 0.25) is 0 Å². The summed E-state index contributed by atoms with van der Waals surface area (Å²) in [6.07, 6.45) is 4.07. The van der Waals surface area contributed by atoms with Crippen molar-refractivity contribution in [3.8, 4) is 5.75 Å². The first kappa shape index (κ1) is 14.8. The molecule has 20 heavy (non-hydrogen) atoms. The topological polar surface area (TPSA) is 56.3 Å². The van der Waals surface area contributed by atoms with Crippen LogP contribution >= 0.6 is 10.7 Å². The standard InChI is InChI=1S/C14H14ClNO3S/c1-11-2-3-13(14(10-11)20(15,17)18)19-9-6-12-4-7-16-8-5-12/h2-5,7-8,10H,6,9H2,1H3. The predicted molar refractivity (Wildman–Crippen MR) is 77.7 cm³/mol. The van der Waals surface area contributed by atoms with Gasteiger partial charge in [-0.2, -0.15) is 0 Å². The second-order valence-corrected chi connectivity index (χ2v) is 6.88. The van der Waals surface area contributed by atoms with Gasteiger partial charge in [0, 0.05) is 29.5 Å². The van der Waals surface area contributed by atoms with Gasteiger partial charge in [-0.15, -0.1) is 0 Å². The number of nitrogens with zero attached hydrogens (tertiary/aromatic N) is 1. The average molecular weight is 312 g/mol. The van der Waals surface area contributed by atoms with Crippen LogP contribution in [0.1, 0.15) is 11.1 Å². The van der Waals surface area contributed by atoms with Crippen LogP contribution in [0.5, 0.6) is 5.75 Å². The molecule has 0 saturated carbocycles. The van der Waals surface area contributed by atoms with Gasteiger partial charge in [0.1, 0.15) is 10.6 Å². The highest BCUT2D eigenvalue weighted by Crippen LogP contribution is 2.28. The zero-order valence-electron chi connectivity index (χ0n) is 10.9. The maximum atomic E-state index is 11.5. The van der Waals surface area contributed by atoms with Crippen LogP contribution in [0.25, 0.3) is 0 Å². The lowest BCUT2D eigenvalue weighted by atomic mass is 10.2. The van der Waals surface area contributed by atoms with Gasteiger partial charge in [0.05, 0.1) is 6.61 Å².